The van der Waals surface area contributed by atoms with E-state index in [1.165, 1.54) is 4.68 Å². The minimum absolute atomic E-state index is 0.0544. The predicted molar refractivity (Wildman–Crippen MR) is 156 cm³/mol. The van der Waals surface area contributed by atoms with Crippen LogP contribution in [-0.2, 0) is 21.4 Å². The van der Waals surface area contributed by atoms with Crippen LogP contribution >= 0.6 is 0 Å². The van der Waals surface area contributed by atoms with Gasteiger partial charge >= 0.3 is 5.91 Å². The third kappa shape index (κ3) is 3.69. The largest absolute Gasteiger partial charge is 0.310 e. The quantitative estimate of drug-likeness (QED) is 0.285. The first-order chi connectivity index (χ1) is 20.8. The summed E-state index contributed by atoms with van der Waals surface area (Å²) in [5.74, 6) is -4.51. The monoisotopic (exact) mass is 571 g/mol. The molecule has 8 rings (SSSR count). The van der Waals surface area contributed by atoms with Crippen molar-refractivity contribution < 1.29 is 14.4 Å². The number of nitriles is 1. The first-order valence-corrected chi connectivity index (χ1v) is 13.8. The molecule has 0 radical (unpaired) electrons. The van der Waals surface area contributed by atoms with E-state index in [1.807, 2.05) is 54.6 Å². The van der Waals surface area contributed by atoms with Gasteiger partial charge in [-0.15, -0.1) is 0 Å². The zero-order chi connectivity index (χ0) is 30.0. The maximum absolute atomic E-state index is 14.0. The van der Waals surface area contributed by atoms with E-state index >= 15 is 0 Å². The summed E-state index contributed by atoms with van der Waals surface area (Å²) in [6.45, 7) is 1.69. The molecule has 2 N–H and O–H groups in total. The number of carbonyl (C=O) groups is 3. The van der Waals surface area contributed by atoms with Crippen molar-refractivity contribution in [1.29, 1.82) is 5.26 Å². The standard InChI is InChI=1S/C32H25N7O4/c1-17-28(32(43)39(37(17)2)18-10-4-3-5-11-18)35-34-23(16-33)30(41)38-31(42)27-25-21-14-8-6-12-19(21)24(26(27)29(40)36-38)20-13-7-9-15-22(20)25/h3-15,24-27,35H,1-2H3,(H,36,40)/b34-23-. The molecule has 3 aromatic carbocycles. The number of aromatic nitrogens is 2. The molecule has 2 heterocycles. The first-order valence-electron chi connectivity index (χ1n) is 13.8. The molecular formula is C32H25N7O4. The van der Waals surface area contributed by atoms with E-state index in [4.69, 9.17) is 0 Å². The molecule has 3 amide bonds. The van der Waals surface area contributed by atoms with E-state index in [9.17, 15) is 24.4 Å². The highest BCUT2D eigenvalue weighted by atomic mass is 16.2. The van der Waals surface area contributed by atoms with E-state index < -0.39 is 46.7 Å². The zero-order valence-electron chi connectivity index (χ0n) is 23.2. The fourth-order valence-electron chi connectivity index (χ4n) is 6.86. The van der Waals surface area contributed by atoms with Crippen LogP contribution in [0.1, 0.15) is 39.8 Å². The highest BCUT2D eigenvalue weighted by Crippen LogP contribution is 2.59. The lowest BCUT2D eigenvalue weighted by atomic mass is 9.53. The molecule has 2 unspecified atom stereocenters. The Morgan fingerprint density at radius 1 is 0.860 bits per heavy atom. The number of anilines is 1. The molecule has 1 saturated heterocycles. The highest BCUT2D eigenvalue weighted by Gasteiger charge is 2.59. The molecule has 1 fully saturated rings. The molecule has 2 bridgehead atoms. The summed E-state index contributed by atoms with van der Waals surface area (Å²) in [5.41, 5.74) is 8.95. The molecule has 43 heavy (non-hydrogen) atoms. The average molecular weight is 572 g/mol. The van der Waals surface area contributed by atoms with Gasteiger partial charge in [0.1, 0.15) is 11.8 Å². The normalized spacial score (nSPS) is 21.8. The fourth-order valence-corrected chi connectivity index (χ4v) is 6.86. The van der Waals surface area contributed by atoms with Crippen LogP contribution < -0.4 is 16.4 Å². The summed E-state index contributed by atoms with van der Waals surface area (Å²) in [6.07, 6.45) is 0. The smallest absolute Gasteiger partial charge is 0.283 e. The van der Waals surface area contributed by atoms with Gasteiger partial charge in [0.2, 0.25) is 11.6 Å². The van der Waals surface area contributed by atoms with Crippen LogP contribution in [0.4, 0.5) is 5.69 Å². The summed E-state index contributed by atoms with van der Waals surface area (Å²) in [5, 5.41) is 14.4. The molecule has 3 aliphatic carbocycles. The Balaban J connectivity index is 1.22. The van der Waals surface area contributed by atoms with Crippen LogP contribution in [0, 0.1) is 30.1 Å². The van der Waals surface area contributed by atoms with Gasteiger partial charge in [0.25, 0.3) is 11.5 Å². The number of hydrogen-bond acceptors (Lipinski definition) is 7. The van der Waals surface area contributed by atoms with Crippen molar-refractivity contribution in [3.05, 3.63) is 117 Å². The molecule has 11 heteroatoms. The molecule has 212 valence electrons. The van der Waals surface area contributed by atoms with Crippen LogP contribution in [0.3, 0.4) is 0 Å². The summed E-state index contributed by atoms with van der Waals surface area (Å²) in [7, 11) is 1.70. The Hall–Kier alpha value is -5.76. The van der Waals surface area contributed by atoms with E-state index in [-0.39, 0.29) is 11.6 Å². The molecule has 0 saturated carbocycles. The van der Waals surface area contributed by atoms with E-state index in [0.717, 1.165) is 22.3 Å². The minimum Gasteiger partial charge on any atom is -0.283 e. The van der Waals surface area contributed by atoms with Crippen molar-refractivity contribution in [3.8, 4) is 11.8 Å². The molecule has 1 aromatic heterocycles. The average Bonchev–Trinajstić information content (AvgIpc) is 3.25. The SMILES string of the molecule is Cc1c(N/N=C(/C#N)C(=O)N2NC(=O)C3C4c5ccccc5C(c5ccccc54)C3C2=O)c(=O)n(-c2ccccc2)n1C. The number of nitrogens with one attached hydrogen (secondary N) is 2. The van der Waals surface area contributed by atoms with Gasteiger partial charge in [-0.25, -0.2) is 4.68 Å². The number of amides is 3. The Bertz CT molecular complexity index is 1940. The number of hydrazine groups is 1. The number of nitrogens with zero attached hydrogens (tertiary/aromatic N) is 5. The lowest BCUT2D eigenvalue weighted by Gasteiger charge is -2.52. The van der Waals surface area contributed by atoms with Crippen molar-refractivity contribution >= 4 is 29.1 Å². The van der Waals surface area contributed by atoms with Crippen LogP contribution in [0.25, 0.3) is 5.69 Å². The Kier molecular flexibility index (Phi) is 5.88. The lowest BCUT2D eigenvalue weighted by Crippen LogP contribution is -2.65. The van der Waals surface area contributed by atoms with Gasteiger partial charge in [-0.05, 0) is 41.3 Å². The van der Waals surface area contributed by atoms with Gasteiger partial charge in [-0.2, -0.15) is 15.4 Å². The molecule has 4 aliphatic rings. The number of rotatable bonds is 4. The van der Waals surface area contributed by atoms with Gasteiger partial charge in [0, 0.05) is 18.9 Å². The number of para-hydroxylation sites is 1. The van der Waals surface area contributed by atoms with Crippen molar-refractivity contribution in [2.24, 2.45) is 24.0 Å². The third-order valence-electron chi connectivity index (χ3n) is 8.81. The summed E-state index contributed by atoms with van der Waals surface area (Å²) >= 11 is 0. The van der Waals surface area contributed by atoms with Crippen molar-refractivity contribution in [2.75, 3.05) is 5.43 Å². The second-order valence-electron chi connectivity index (χ2n) is 10.8. The molecule has 0 spiro atoms. The number of hydrogen-bond donors (Lipinski definition) is 2. The van der Waals surface area contributed by atoms with Crippen LogP contribution in [0.5, 0.6) is 0 Å². The number of hydrazone groups is 1. The van der Waals surface area contributed by atoms with E-state index in [1.54, 1.807) is 49.0 Å². The van der Waals surface area contributed by atoms with Gasteiger partial charge in [0.05, 0.1) is 23.2 Å². The molecule has 4 aromatic rings. The van der Waals surface area contributed by atoms with Gasteiger partial charge in [-0.3, -0.25) is 34.7 Å². The van der Waals surface area contributed by atoms with Crippen LogP contribution in [-0.4, -0.2) is 37.8 Å². The van der Waals surface area contributed by atoms with Gasteiger partial charge in [0.15, 0.2) is 0 Å². The predicted octanol–water partition coefficient (Wildman–Crippen LogP) is 2.70. The minimum atomic E-state index is -1.09. The fraction of sp³-hybridized carbons (Fsp3) is 0.188. The Morgan fingerprint density at radius 3 is 1.95 bits per heavy atom. The lowest BCUT2D eigenvalue weighted by molar-refractivity contribution is -0.164. The van der Waals surface area contributed by atoms with Crippen molar-refractivity contribution in [3.63, 3.8) is 0 Å². The second-order valence-corrected chi connectivity index (χ2v) is 10.8. The van der Waals surface area contributed by atoms with E-state index in [0.29, 0.717) is 16.4 Å². The van der Waals surface area contributed by atoms with Crippen LogP contribution in [0.15, 0.2) is 88.8 Å². The van der Waals surface area contributed by atoms with Crippen molar-refractivity contribution in [1.82, 2.24) is 19.8 Å². The van der Waals surface area contributed by atoms with Gasteiger partial charge in [-0.1, -0.05) is 66.7 Å². The summed E-state index contributed by atoms with van der Waals surface area (Å²) in [6, 6.07) is 26.2. The first kappa shape index (κ1) is 26.2. The number of benzene rings is 3. The Morgan fingerprint density at radius 2 is 1.40 bits per heavy atom. The molecular weight excluding hydrogens is 546 g/mol. The molecule has 11 nitrogen and oxygen atoms in total. The van der Waals surface area contributed by atoms with Crippen molar-refractivity contribution in [2.45, 2.75) is 18.8 Å². The highest BCUT2D eigenvalue weighted by molar-refractivity contribution is 6.47. The third-order valence-corrected chi connectivity index (χ3v) is 8.81. The topological polar surface area (TPSA) is 142 Å². The molecule has 1 aliphatic heterocycles. The van der Waals surface area contributed by atoms with Crippen LogP contribution in [0.2, 0.25) is 0 Å². The maximum Gasteiger partial charge on any atom is 0.310 e. The Labute approximate surface area is 245 Å². The summed E-state index contributed by atoms with van der Waals surface area (Å²) < 4.78 is 3.04. The summed E-state index contributed by atoms with van der Waals surface area (Å²) in [4.78, 5) is 54.4. The number of carbonyl (C=O) groups excluding carboxylic acids is 3. The van der Waals surface area contributed by atoms with Gasteiger partial charge < -0.3 is 0 Å². The second kappa shape index (κ2) is 9.66. The maximum atomic E-state index is 14.0. The zero-order valence-corrected chi connectivity index (χ0v) is 23.2. The van der Waals surface area contributed by atoms with E-state index in [2.05, 4.69) is 16.0 Å². The number of imide groups is 1. The molecule has 2 atom stereocenters.